The molecule has 0 saturated heterocycles. The van der Waals surface area contributed by atoms with Gasteiger partial charge in [-0.3, -0.25) is 4.79 Å². The van der Waals surface area contributed by atoms with Gasteiger partial charge in [-0.05, 0) is 65.1 Å². The lowest BCUT2D eigenvalue weighted by molar-refractivity contribution is -0.137. The number of carbonyl (C=O) groups is 1. The van der Waals surface area contributed by atoms with E-state index in [-0.39, 0.29) is 5.56 Å². The molecule has 0 heterocycles. The Morgan fingerprint density at radius 2 is 1.71 bits per heavy atom. The molecule has 21 heavy (non-hydrogen) atoms. The number of rotatable bonds is 2. The van der Waals surface area contributed by atoms with Crippen LogP contribution in [0, 0.1) is 3.57 Å². The second kappa shape index (κ2) is 6.23. The van der Waals surface area contributed by atoms with Crippen LogP contribution in [0.1, 0.15) is 15.9 Å². The number of anilines is 1. The van der Waals surface area contributed by atoms with Gasteiger partial charge in [0.1, 0.15) is 0 Å². The molecular weight excluding hydrogens is 418 g/mol. The molecule has 0 unspecified atom stereocenters. The Morgan fingerprint density at radius 1 is 1.10 bits per heavy atom. The molecule has 2 aromatic rings. The first-order valence-electron chi connectivity index (χ1n) is 5.71. The van der Waals surface area contributed by atoms with Crippen molar-refractivity contribution >= 4 is 45.8 Å². The van der Waals surface area contributed by atoms with Gasteiger partial charge in [-0.25, -0.2) is 0 Å². The number of nitrogens with one attached hydrogen (secondary N) is 1. The van der Waals surface area contributed by atoms with E-state index in [1.54, 1.807) is 18.2 Å². The van der Waals surface area contributed by atoms with Crippen molar-refractivity contribution in [3.63, 3.8) is 0 Å². The van der Waals surface area contributed by atoms with Crippen molar-refractivity contribution in [1.82, 2.24) is 0 Å². The van der Waals surface area contributed by atoms with Gasteiger partial charge in [0.25, 0.3) is 5.91 Å². The summed E-state index contributed by atoms with van der Waals surface area (Å²) in [4.78, 5) is 12.0. The molecule has 110 valence electrons. The van der Waals surface area contributed by atoms with Crippen LogP contribution in [0.2, 0.25) is 5.02 Å². The minimum Gasteiger partial charge on any atom is -0.321 e. The van der Waals surface area contributed by atoms with E-state index in [1.165, 1.54) is 0 Å². The first-order valence-corrected chi connectivity index (χ1v) is 7.17. The Hall–Kier alpha value is -1.28. The van der Waals surface area contributed by atoms with E-state index >= 15 is 0 Å². The standard InChI is InChI=1S/C14H8ClF3INO/c15-10-5-6-12(11(19)7-10)20-13(21)8-1-3-9(4-2-8)14(16,17)18/h1-7H,(H,20,21). The molecule has 2 nitrogen and oxygen atoms in total. The predicted molar refractivity (Wildman–Crippen MR) is 83.6 cm³/mol. The molecule has 2 aromatic carbocycles. The highest BCUT2D eigenvalue weighted by molar-refractivity contribution is 14.1. The summed E-state index contributed by atoms with van der Waals surface area (Å²) in [5.41, 5.74) is -0.0984. The normalized spacial score (nSPS) is 11.3. The molecule has 0 saturated carbocycles. The lowest BCUT2D eigenvalue weighted by Gasteiger charge is -2.09. The highest BCUT2D eigenvalue weighted by Gasteiger charge is 2.30. The second-order valence-electron chi connectivity index (χ2n) is 4.15. The van der Waals surface area contributed by atoms with E-state index < -0.39 is 17.6 Å². The Morgan fingerprint density at radius 3 is 2.24 bits per heavy atom. The molecule has 1 N–H and O–H groups in total. The van der Waals surface area contributed by atoms with Gasteiger partial charge in [0.2, 0.25) is 0 Å². The molecule has 0 bridgehead atoms. The van der Waals surface area contributed by atoms with Gasteiger partial charge in [0, 0.05) is 14.2 Å². The van der Waals surface area contributed by atoms with E-state index in [4.69, 9.17) is 11.6 Å². The minimum absolute atomic E-state index is 0.147. The topological polar surface area (TPSA) is 29.1 Å². The van der Waals surface area contributed by atoms with Crippen molar-refractivity contribution in [1.29, 1.82) is 0 Å². The number of hydrogen-bond donors (Lipinski definition) is 1. The fourth-order valence-corrected chi connectivity index (χ4v) is 2.60. The van der Waals surface area contributed by atoms with Crippen LogP contribution in [-0.2, 0) is 6.18 Å². The smallest absolute Gasteiger partial charge is 0.321 e. The summed E-state index contributed by atoms with van der Waals surface area (Å²) in [6, 6.07) is 8.95. The lowest BCUT2D eigenvalue weighted by atomic mass is 10.1. The second-order valence-corrected chi connectivity index (χ2v) is 5.75. The van der Waals surface area contributed by atoms with Gasteiger partial charge in [0.05, 0.1) is 11.3 Å². The Kier molecular flexibility index (Phi) is 4.77. The third-order valence-electron chi connectivity index (χ3n) is 2.65. The summed E-state index contributed by atoms with van der Waals surface area (Å²) in [7, 11) is 0. The van der Waals surface area contributed by atoms with Gasteiger partial charge in [0.15, 0.2) is 0 Å². The molecule has 0 atom stereocenters. The molecule has 0 fully saturated rings. The van der Waals surface area contributed by atoms with E-state index in [0.29, 0.717) is 10.7 Å². The van der Waals surface area contributed by atoms with E-state index in [1.807, 2.05) is 22.6 Å². The molecule has 0 aliphatic carbocycles. The fourth-order valence-electron chi connectivity index (χ4n) is 1.60. The minimum atomic E-state index is -4.42. The van der Waals surface area contributed by atoms with Crippen molar-refractivity contribution in [3.05, 3.63) is 62.2 Å². The number of benzene rings is 2. The molecule has 0 spiro atoms. The molecule has 0 aliphatic heterocycles. The molecular formula is C14H8ClF3INO. The number of amides is 1. The first-order chi connectivity index (χ1) is 9.77. The Balaban J connectivity index is 2.17. The fraction of sp³-hybridized carbons (Fsp3) is 0.0714. The monoisotopic (exact) mass is 425 g/mol. The predicted octanol–water partition coefficient (Wildman–Crippen LogP) is 5.22. The molecule has 0 aromatic heterocycles. The number of halogens is 5. The van der Waals surface area contributed by atoms with Crippen LogP contribution < -0.4 is 5.32 Å². The lowest BCUT2D eigenvalue weighted by Crippen LogP contribution is -2.13. The Bertz CT molecular complexity index is 671. The molecule has 1 amide bonds. The molecule has 0 aliphatic rings. The summed E-state index contributed by atoms with van der Waals surface area (Å²) < 4.78 is 38.1. The summed E-state index contributed by atoms with van der Waals surface area (Å²) in [6.45, 7) is 0. The number of carbonyl (C=O) groups excluding carboxylic acids is 1. The van der Waals surface area contributed by atoms with E-state index in [0.717, 1.165) is 27.8 Å². The number of alkyl halides is 3. The average Bonchev–Trinajstić information content (AvgIpc) is 2.41. The van der Waals surface area contributed by atoms with Crippen LogP contribution in [0.5, 0.6) is 0 Å². The first kappa shape index (κ1) is 16.1. The van der Waals surface area contributed by atoms with Crippen LogP contribution >= 0.6 is 34.2 Å². The van der Waals surface area contributed by atoms with Crippen LogP contribution in [0.25, 0.3) is 0 Å². The third kappa shape index (κ3) is 4.10. The van der Waals surface area contributed by atoms with Crippen molar-refractivity contribution in [3.8, 4) is 0 Å². The average molecular weight is 426 g/mol. The van der Waals surface area contributed by atoms with Crippen molar-refractivity contribution in [2.24, 2.45) is 0 Å². The summed E-state index contributed by atoms with van der Waals surface area (Å²) in [5.74, 6) is -0.482. The summed E-state index contributed by atoms with van der Waals surface area (Å²) >= 11 is 7.81. The Labute approximate surface area is 137 Å². The maximum Gasteiger partial charge on any atom is 0.416 e. The zero-order chi connectivity index (χ0) is 15.6. The SMILES string of the molecule is O=C(Nc1ccc(Cl)cc1I)c1ccc(C(F)(F)F)cc1. The molecule has 0 radical (unpaired) electrons. The molecule has 2 rings (SSSR count). The molecule has 7 heteroatoms. The maximum absolute atomic E-state index is 12.4. The highest BCUT2D eigenvalue weighted by Crippen LogP contribution is 2.29. The maximum atomic E-state index is 12.4. The zero-order valence-corrected chi connectivity index (χ0v) is 13.3. The van der Waals surface area contributed by atoms with Gasteiger partial charge in [-0.2, -0.15) is 13.2 Å². The van der Waals surface area contributed by atoms with Gasteiger partial charge < -0.3 is 5.32 Å². The summed E-state index contributed by atoms with van der Waals surface area (Å²) in [6.07, 6.45) is -4.42. The number of hydrogen-bond acceptors (Lipinski definition) is 1. The van der Waals surface area contributed by atoms with Gasteiger partial charge >= 0.3 is 6.18 Å². The zero-order valence-electron chi connectivity index (χ0n) is 10.3. The largest absolute Gasteiger partial charge is 0.416 e. The van der Waals surface area contributed by atoms with Crippen LogP contribution in [0.15, 0.2) is 42.5 Å². The van der Waals surface area contributed by atoms with Gasteiger partial charge in [-0.15, -0.1) is 0 Å². The summed E-state index contributed by atoms with van der Waals surface area (Å²) in [5, 5.41) is 3.16. The van der Waals surface area contributed by atoms with Gasteiger partial charge in [-0.1, -0.05) is 11.6 Å². The highest BCUT2D eigenvalue weighted by atomic mass is 127. The van der Waals surface area contributed by atoms with Crippen LogP contribution in [0.4, 0.5) is 18.9 Å². The van der Waals surface area contributed by atoms with Crippen molar-refractivity contribution < 1.29 is 18.0 Å². The van der Waals surface area contributed by atoms with Crippen molar-refractivity contribution in [2.75, 3.05) is 5.32 Å². The van der Waals surface area contributed by atoms with Crippen molar-refractivity contribution in [2.45, 2.75) is 6.18 Å². The van der Waals surface area contributed by atoms with Crippen LogP contribution in [-0.4, -0.2) is 5.91 Å². The van der Waals surface area contributed by atoms with Crippen LogP contribution in [0.3, 0.4) is 0 Å². The van der Waals surface area contributed by atoms with E-state index in [2.05, 4.69) is 5.32 Å². The quantitative estimate of drug-likeness (QED) is 0.657. The third-order valence-corrected chi connectivity index (χ3v) is 3.78. The van der Waals surface area contributed by atoms with E-state index in [9.17, 15) is 18.0 Å².